The van der Waals surface area contributed by atoms with Crippen LogP contribution in [0.5, 0.6) is 0 Å². The fourth-order valence-electron chi connectivity index (χ4n) is 3.18. The van der Waals surface area contributed by atoms with E-state index < -0.39 is 0 Å². The molecule has 1 N–H and O–H groups in total. The summed E-state index contributed by atoms with van der Waals surface area (Å²) >= 11 is 0. The summed E-state index contributed by atoms with van der Waals surface area (Å²) in [5, 5.41) is 10.1. The lowest BCUT2D eigenvalue weighted by Gasteiger charge is -2.40. The molecule has 19 heavy (non-hydrogen) atoms. The van der Waals surface area contributed by atoms with Crippen LogP contribution in [-0.2, 0) is 0 Å². The van der Waals surface area contributed by atoms with Crippen molar-refractivity contribution in [3.8, 4) is 0 Å². The van der Waals surface area contributed by atoms with Crippen LogP contribution in [0.1, 0.15) is 42.6 Å². The minimum atomic E-state index is 0.00541. The third kappa shape index (κ3) is 2.78. The molecular formula is C13H21N5O. The fourth-order valence-corrected chi connectivity index (χ4v) is 3.18. The second kappa shape index (κ2) is 5.69. The quantitative estimate of drug-likeness (QED) is 0.861. The maximum atomic E-state index is 12.1. The number of H-pyrrole nitrogens is 1. The second-order valence-electron chi connectivity index (χ2n) is 5.48. The number of carbonyl (C=O) groups is 1. The Morgan fingerprint density at radius 1 is 1.16 bits per heavy atom. The maximum absolute atomic E-state index is 12.1. The van der Waals surface area contributed by atoms with E-state index in [9.17, 15) is 4.79 Å². The van der Waals surface area contributed by atoms with Crippen LogP contribution in [-0.4, -0.2) is 63.3 Å². The van der Waals surface area contributed by atoms with Crippen LogP contribution in [0.3, 0.4) is 0 Å². The maximum Gasteiger partial charge on any atom is 0.276 e. The van der Waals surface area contributed by atoms with Crippen molar-refractivity contribution in [1.29, 1.82) is 0 Å². The molecule has 2 fully saturated rings. The molecule has 6 heteroatoms. The highest BCUT2D eigenvalue weighted by Crippen LogP contribution is 2.21. The Morgan fingerprint density at radius 2 is 1.89 bits per heavy atom. The average Bonchev–Trinajstić information content (AvgIpc) is 3.02. The first-order chi connectivity index (χ1) is 9.34. The summed E-state index contributed by atoms with van der Waals surface area (Å²) in [5.74, 6) is 0.00541. The van der Waals surface area contributed by atoms with Gasteiger partial charge in [0.1, 0.15) is 0 Å². The monoisotopic (exact) mass is 263 g/mol. The number of aromatic amines is 1. The Bertz CT molecular complexity index is 405. The molecule has 0 spiro atoms. The van der Waals surface area contributed by atoms with Gasteiger partial charge >= 0.3 is 0 Å². The van der Waals surface area contributed by atoms with Gasteiger partial charge in [0.2, 0.25) is 0 Å². The predicted molar refractivity (Wildman–Crippen MR) is 70.7 cm³/mol. The molecule has 1 aromatic rings. The van der Waals surface area contributed by atoms with Crippen molar-refractivity contribution < 1.29 is 4.79 Å². The number of nitrogens with zero attached hydrogens (tertiary/aromatic N) is 4. The Labute approximate surface area is 113 Å². The minimum Gasteiger partial charge on any atom is -0.337 e. The van der Waals surface area contributed by atoms with E-state index >= 15 is 0 Å². The normalized spacial score (nSPS) is 22.6. The van der Waals surface area contributed by atoms with Crippen LogP contribution in [0.2, 0.25) is 0 Å². The third-order valence-corrected chi connectivity index (χ3v) is 4.29. The van der Waals surface area contributed by atoms with Gasteiger partial charge in [-0.3, -0.25) is 4.79 Å². The lowest BCUT2D eigenvalue weighted by molar-refractivity contribution is 0.0585. The second-order valence-corrected chi connectivity index (χ2v) is 5.48. The van der Waals surface area contributed by atoms with Gasteiger partial charge in [0.15, 0.2) is 5.69 Å². The smallest absolute Gasteiger partial charge is 0.276 e. The lowest BCUT2D eigenvalue weighted by atomic mass is 10.00. The van der Waals surface area contributed by atoms with E-state index in [2.05, 4.69) is 20.3 Å². The lowest BCUT2D eigenvalue weighted by Crippen LogP contribution is -2.48. The number of aromatic nitrogens is 3. The van der Waals surface area contributed by atoms with E-state index in [-0.39, 0.29) is 5.91 Å². The Morgan fingerprint density at radius 3 is 2.53 bits per heavy atom. The molecule has 2 aliphatic heterocycles. The number of carbonyl (C=O) groups excluding carboxylic acids is 1. The van der Waals surface area contributed by atoms with Gasteiger partial charge in [-0.15, -0.1) is 0 Å². The highest BCUT2D eigenvalue weighted by atomic mass is 16.2. The highest BCUT2D eigenvalue weighted by Gasteiger charge is 2.28. The molecule has 1 amide bonds. The molecule has 0 aromatic carbocycles. The highest BCUT2D eigenvalue weighted by molar-refractivity contribution is 5.91. The van der Waals surface area contributed by atoms with Crippen LogP contribution in [0.4, 0.5) is 0 Å². The molecule has 0 atom stereocenters. The number of hydrogen-bond acceptors (Lipinski definition) is 4. The molecule has 0 unspecified atom stereocenters. The van der Waals surface area contributed by atoms with Crippen molar-refractivity contribution in [2.45, 2.75) is 38.1 Å². The van der Waals surface area contributed by atoms with Gasteiger partial charge in [0, 0.05) is 19.1 Å². The molecule has 2 saturated heterocycles. The van der Waals surface area contributed by atoms with Gasteiger partial charge in [0.25, 0.3) is 5.91 Å². The van der Waals surface area contributed by atoms with Crippen LogP contribution < -0.4 is 0 Å². The molecule has 0 bridgehead atoms. The summed E-state index contributed by atoms with van der Waals surface area (Å²) in [6.07, 6.45) is 7.71. The van der Waals surface area contributed by atoms with Crippen molar-refractivity contribution in [3.63, 3.8) is 0 Å². The molecule has 1 aromatic heterocycles. The van der Waals surface area contributed by atoms with Crippen LogP contribution in [0.25, 0.3) is 0 Å². The molecule has 3 rings (SSSR count). The van der Waals surface area contributed by atoms with Gasteiger partial charge < -0.3 is 9.80 Å². The van der Waals surface area contributed by atoms with E-state index in [4.69, 9.17) is 0 Å². The largest absolute Gasteiger partial charge is 0.337 e. The summed E-state index contributed by atoms with van der Waals surface area (Å²) in [6.45, 7) is 4.16. The Balaban J connectivity index is 1.53. The van der Waals surface area contributed by atoms with E-state index in [1.165, 1.54) is 38.5 Å². The first-order valence-corrected chi connectivity index (χ1v) is 7.24. The zero-order chi connectivity index (χ0) is 13.1. The van der Waals surface area contributed by atoms with Gasteiger partial charge in [-0.05, 0) is 38.8 Å². The topological polar surface area (TPSA) is 65.1 Å². The molecule has 2 aliphatic rings. The average molecular weight is 263 g/mol. The van der Waals surface area contributed by atoms with Crippen molar-refractivity contribution >= 4 is 5.91 Å². The van der Waals surface area contributed by atoms with E-state index in [1.807, 2.05) is 4.90 Å². The molecule has 104 valence electrons. The molecule has 0 saturated carbocycles. The molecule has 3 heterocycles. The van der Waals surface area contributed by atoms with Gasteiger partial charge in [-0.25, -0.2) is 0 Å². The number of likely N-dealkylation sites (tertiary alicyclic amines) is 2. The van der Waals surface area contributed by atoms with Crippen LogP contribution in [0.15, 0.2) is 6.20 Å². The van der Waals surface area contributed by atoms with Crippen molar-refractivity contribution in [1.82, 2.24) is 25.2 Å². The van der Waals surface area contributed by atoms with Crippen molar-refractivity contribution in [2.75, 3.05) is 26.2 Å². The van der Waals surface area contributed by atoms with Crippen molar-refractivity contribution in [3.05, 3.63) is 11.9 Å². The van der Waals surface area contributed by atoms with Gasteiger partial charge in [-0.2, -0.15) is 15.4 Å². The van der Waals surface area contributed by atoms with Gasteiger partial charge in [-0.1, -0.05) is 6.42 Å². The predicted octanol–water partition coefficient (Wildman–Crippen LogP) is 0.895. The third-order valence-electron chi connectivity index (χ3n) is 4.29. The molecular weight excluding hydrogens is 242 g/mol. The summed E-state index contributed by atoms with van der Waals surface area (Å²) in [6, 6.07) is 0.668. The molecule has 6 nitrogen and oxygen atoms in total. The van der Waals surface area contributed by atoms with E-state index in [1.54, 1.807) is 0 Å². The Hall–Kier alpha value is -1.43. The summed E-state index contributed by atoms with van der Waals surface area (Å²) in [5.41, 5.74) is 0.427. The summed E-state index contributed by atoms with van der Waals surface area (Å²) in [7, 11) is 0. The number of piperidine rings is 2. The van der Waals surface area contributed by atoms with Crippen LogP contribution >= 0.6 is 0 Å². The number of nitrogens with one attached hydrogen (secondary N) is 1. The number of rotatable bonds is 2. The SMILES string of the molecule is O=C(c1cn[nH]n1)N1CCC(N2CCCCC2)CC1. The van der Waals surface area contributed by atoms with E-state index in [0.717, 1.165) is 25.9 Å². The van der Waals surface area contributed by atoms with Crippen molar-refractivity contribution in [2.24, 2.45) is 0 Å². The summed E-state index contributed by atoms with van der Waals surface area (Å²) < 4.78 is 0. The number of amides is 1. The van der Waals surface area contributed by atoms with Crippen LogP contribution in [0, 0.1) is 0 Å². The zero-order valence-electron chi connectivity index (χ0n) is 11.2. The first kappa shape index (κ1) is 12.6. The minimum absolute atomic E-state index is 0.00541. The standard InChI is InChI=1S/C13H21N5O/c19-13(12-10-14-16-15-12)18-8-4-11(5-9-18)17-6-2-1-3-7-17/h10-11H,1-9H2,(H,14,15,16). The molecule has 0 radical (unpaired) electrons. The first-order valence-electron chi connectivity index (χ1n) is 7.24. The summed E-state index contributed by atoms with van der Waals surface area (Å²) in [4.78, 5) is 16.6. The number of hydrogen-bond donors (Lipinski definition) is 1. The zero-order valence-corrected chi connectivity index (χ0v) is 11.2. The fraction of sp³-hybridized carbons (Fsp3) is 0.769. The molecule has 0 aliphatic carbocycles. The van der Waals surface area contributed by atoms with Gasteiger partial charge in [0.05, 0.1) is 6.20 Å². The van der Waals surface area contributed by atoms with E-state index in [0.29, 0.717) is 11.7 Å². The Kier molecular flexibility index (Phi) is 3.77.